The molecule has 0 aliphatic carbocycles. The molecule has 1 atom stereocenters. The molecule has 0 amide bonds. The molecule has 0 aliphatic rings. The van der Waals surface area contributed by atoms with E-state index in [-0.39, 0.29) is 5.41 Å². The summed E-state index contributed by atoms with van der Waals surface area (Å²) in [5.41, 5.74) is 9.92. The van der Waals surface area contributed by atoms with Crippen molar-refractivity contribution in [2.75, 3.05) is 19.6 Å². The summed E-state index contributed by atoms with van der Waals surface area (Å²) in [6, 6.07) is 6.77. The van der Waals surface area contributed by atoms with Gasteiger partial charge in [-0.25, -0.2) is 0 Å². The normalized spacial score (nSPS) is 13.7. The third-order valence-electron chi connectivity index (χ3n) is 3.75. The molecular weight excluding hydrogens is 220 g/mol. The van der Waals surface area contributed by atoms with Crippen molar-refractivity contribution in [3.05, 3.63) is 34.9 Å². The number of nitrogens with one attached hydrogen (secondary N) is 1. The van der Waals surface area contributed by atoms with Crippen molar-refractivity contribution in [3.8, 4) is 0 Å². The van der Waals surface area contributed by atoms with E-state index in [4.69, 9.17) is 5.73 Å². The maximum atomic E-state index is 5.63. The summed E-state index contributed by atoms with van der Waals surface area (Å²) in [5, 5.41) is 3.53. The molecule has 18 heavy (non-hydrogen) atoms. The Labute approximate surface area is 112 Å². The molecule has 2 heteroatoms. The molecule has 0 aliphatic heterocycles. The predicted octanol–water partition coefficient (Wildman–Crippen LogP) is 2.77. The SMILES string of the molecule is Cc1ccc(C(C)(C)CNCC(C)CN)cc1C. The second-order valence-electron chi connectivity index (χ2n) is 6.15. The molecule has 1 aromatic rings. The fourth-order valence-corrected chi connectivity index (χ4v) is 1.98. The maximum absolute atomic E-state index is 5.63. The smallest absolute Gasteiger partial charge is 0.00433 e. The minimum Gasteiger partial charge on any atom is -0.330 e. The first-order valence-electron chi connectivity index (χ1n) is 6.85. The number of nitrogens with two attached hydrogens (primary N) is 1. The van der Waals surface area contributed by atoms with Gasteiger partial charge in [-0.15, -0.1) is 0 Å². The third-order valence-corrected chi connectivity index (χ3v) is 3.75. The van der Waals surface area contributed by atoms with Gasteiger partial charge in [-0.3, -0.25) is 0 Å². The van der Waals surface area contributed by atoms with Crippen LogP contribution >= 0.6 is 0 Å². The Morgan fingerprint density at radius 2 is 1.89 bits per heavy atom. The molecule has 1 aromatic carbocycles. The molecule has 0 saturated carbocycles. The zero-order valence-corrected chi connectivity index (χ0v) is 12.5. The van der Waals surface area contributed by atoms with Crippen LogP contribution in [0.15, 0.2) is 18.2 Å². The highest BCUT2D eigenvalue weighted by Crippen LogP contribution is 2.24. The molecule has 1 unspecified atom stereocenters. The van der Waals surface area contributed by atoms with E-state index in [1.807, 2.05) is 0 Å². The lowest BCUT2D eigenvalue weighted by Crippen LogP contribution is -2.36. The monoisotopic (exact) mass is 248 g/mol. The highest BCUT2D eigenvalue weighted by atomic mass is 14.9. The van der Waals surface area contributed by atoms with E-state index in [1.165, 1.54) is 16.7 Å². The first-order chi connectivity index (χ1) is 8.36. The van der Waals surface area contributed by atoms with Gasteiger partial charge in [0.15, 0.2) is 0 Å². The fourth-order valence-electron chi connectivity index (χ4n) is 1.98. The zero-order valence-electron chi connectivity index (χ0n) is 12.5. The van der Waals surface area contributed by atoms with E-state index in [2.05, 4.69) is 58.1 Å². The summed E-state index contributed by atoms with van der Waals surface area (Å²) in [6.45, 7) is 13.8. The molecule has 0 fully saturated rings. The van der Waals surface area contributed by atoms with Crippen LogP contribution in [0.3, 0.4) is 0 Å². The number of hydrogen-bond donors (Lipinski definition) is 2. The lowest BCUT2D eigenvalue weighted by Gasteiger charge is -2.27. The van der Waals surface area contributed by atoms with Gasteiger partial charge in [-0.1, -0.05) is 39.0 Å². The van der Waals surface area contributed by atoms with Crippen molar-refractivity contribution in [1.29, 1.82) is 0 Å². The van der Waals surface area contributed by atoms with E-state index in [1.54, 1.807) is 0 Å². The van der Waals surface area contributed by atoms with Gasteiger partial charge in [0.1, 0.15) is 0 Å². The standard InChI is InChI=1S/C16H28N2/c1-12(9-17)10-18-11-16(4,5)15-7-6-13(2)14(3)8-15/h6-8,12,18H,9-11,17H2,1-5H3. The van der Waals surface area contributed by atoms with E-state index >= 15 is 0 Å². The highest BCUT2D eigenvalue weighted by Gasteiger charge is 2.20. The quantitative estimate of drug-likeness (QED) is 0.812. The van der Waals surface area contributed by atoms with Gasteiger partial charge < -0.3 is 11.1 Å². The summed E-state index contributed by atoms with van der Waals surface area (Å²) in [4.78, 5) is 0. The molecule has 1 rings (SSSR count). The number of hydrogen-bond acceptors (Lipinski definition) is 2. The molecule has 3 N–H and O–H groups in total. The van der Waals surface area contributed by atoms with E-state index < -0.39 is 0 Å². The highest BCUT2D eigenvalue weighted by molar-refractivity contribution is 5.34. The minimum atomic E-state index is 0.160. The number of rotatable bonds is 6. The molecule has 0 spiro atoms. The molecule has 102 valence electrons. The van der Waals surface area contributed by atoms with E-state index in [9.17, 15) is 0 Å². The summed E-state index contributed by atoms with van der Waals surface area (Å²) in [5.74, 6) is 0.542. The van der Waals surface area contributed by atoms with Crippen LogP contribution in [0.4, 0.5) is 0 Å². The number of benzene rings is 1. The second-order valence-corrected chi connectivity index (χ2v) is 6.15. The van der Waals surface area contributed by atoms with Gasteiger partial charge in [-0.05, 0) is 49.5 Å². The van der Waals surface area contributed by atoms with Crippen LogP contribution in [0.1, 0.15) is 37.5 Å². The topological polar surface area (TPSA) is 38.0 Å². The van der Waals surface area contributed by atoms with Crippen LogP contribution < -0.4 is 11.1 Å². The molecular formula is C16H28N2. The van der Waals surface area contributed by atoms with Crippen molar-refractivity contribution in [2.45, 2.75) is 40.0 Å². The molecule has 0 radical (unpaired) electrons. The average Bonchev–Trinajstić information content (AvgIpc) is 2.32. The molecule has 0 heterocycles. The Morgan fingerprint density at radius 3 is 2.44 bits per heavy atom. The van der Waals surface area contributed by atoms with Gasteiger partial charge in [0.05, 0.1) is 0 Å². The van der Waals surface area contributed by atoms with Crippen molar-refractivity contribution in [2.24, 2.45) is 11.7 Å². The Balaban J connectivity index is 2.64. The third kappa shape index (κ3) is 4.11. The summed E-state index contributed by atoms with van der Waals surface area (Å²) >= 11 is 0. The summed E-state index contributed by atoms with van der Waals surface area (Å²) in [7, 11) is 0. The Bertz CT molecular complexity index is 383. The van der Waals surface area contributed by atoms with Crippen molar-refractivity contribution >= 4 is 0 Å². The molecule has 0 saturated heterocycles. The lowest BCUT2D eigenvalue weighted by molar-refractivity contribution is 0.434. The zero-order chi connectivity index (χ0) is 13.8. The van der Waals surface area contributed by atoms with Gasteiger partial charge >= 0.3 is 0 Å². The molecule has 0 bridgehead atoms. The van der Waals surface area contributed by atoms with Crippen LogP contribution in [0.2, 0.25) is 0 Å². The minimum absolute atomic E-state index is 0.160. The first-order valence-corrected chi connectivity index (χ1v) is 6.85. The van der Waals surface area contributed by atoms with Crippen LogP contribution in [-0.2, 0) is 5.41 Å². The average molecular weight is 248 g/mol. The van der Waals surface area contributed by atoms with Crippen LogP contribution in [0.25, 0.3) is 0 Å². The Hall–Kier alpha value is -0.860. The predicted molar refractivity (Wildman–Crippen MR) is 80.0 cm³/mol. The Kier molecular flexibility index (Phi) is 5.36. The molecule has 2 nitrogen and oxygen atoms in total. The lowest BCUT2D eigenvalue weighted by atomic mass is 9.83. The van der Waals surface area contributed by atoms with Crippen LogP contribution in [-0.4, -0.2) is 19.6 Å². The number of aryl methyl sites for hydroxylation is 2. The van der Waals surface area contributed by atoms with E-state index in [0.717, 1.165) is 19.6 Å². The Morgan fingerprint density at radius 1 is 1.22 bits per heavy atom. The van der Waals surface area contributed by atoms with Gasteiger partial charge in [0.2, 0.25) is 0 Å². The second kappa shape index (κ2) is 6.35. The van der Waals surface area contributed by atoms with Gasteiger partial charge in [0.25, 0.3) is 0 Å². The maximum Gasteiger partial charge on any atom is 0.00433 e. The fraction of sp³-hybridized carbons (Fsp3) is 0.625. The van der Waals surface area contributed by atoms with Gasteiger partial charge in [-0.2, -0.15) is 0 Å². The van der Waals surface area contributed by atoms with Crippen molar-refractivity contribution in [1.82, 2.24) is 5.32 Å². The van der Waals surface area contributed by atoms with E-state index in [0.29, 0.717) is 5.92 Å². The van der Waals surface area contributed by atoms with Crippen molar-refractivity contribution < 1.29 is 0 Å². The van der Waals surface area contributed by atoms with Crippen LogP contribution in [0.5, 0.6) is 0 Å². The van der Waals surface area contributed by atoms with Crippen molar-refractivity contribution in [3.63, 3.8) is 0 Å². The molecule has 0 aromatic heterocycles. The van der Waals surface area contributed by atoms with Crippen LogP contribution in [0, 0.1) is 19.8 Å². The summed E-state index contributed by atoms with van der Waals surface area (Å²) < 4.78 is 0. The van der Waals surface area contributed by atoms with Gasteiger partial charge in [0, 0.05) is 12.0 Å². The first kappa shape index (κ1) is 15.2. The summed E-state index contributed by atoms with van der Waals surface area (Å²) in [6.07, 6.45) is 0. The largest absolute Gasteiger partial charge is 0.330 e.